The highest BCUT2D eigenvalue weighted by molar-refractivity contribution is 7.08. The fraction of sp³-hybridized carbons (Fsp3) is 0.562. The molecule has 0 radical (unpaired) electrons. The molecule has 0 aliphatic rings. The third kappa shape index (κ3) is 4.16. The highest BCUT2D eigenvalue weighted by Gasteiger charge is 2.21. The lowest BCUT2D eigenvalue weighted by Gasteiger charge is -2.18. The molecule has 5 nitrogen and oxygen atoms in total. The van der Waals surface area contributed by atoms with Crippen molar-refractivity contribution in [3.63, 3.8) is 0 Å². The minimum atomic E-state index is -0.106. The number of amides is 1. The van der Waals surface area contributed by atoms with Gasteiger partial charge in [-0.05, 0) is 37.1 Å². The molecule has 22 heavy (non-hydrogen) atoms. The Bertz CT molecular complexity index is 591. The molecule has 0 bridgehead atoms. The lowest BCUT2D eigenvalue weighted by molar-refractivity contribution is 0.0931. The van der Waals surface area contributed by atoms with Crippen molar-refractivity contribution in [1.29, 1.82) is 0 Å². The topological polar surface area (TPSA) is 59.8 Å². The second-order valence-electron chi connectivity index (χ2n) is 6.05. The minimum absolute atomic E-state index is 0.0509. The standard InChI is InChI=1S/C16H24N4OS/c1-5-12(4)20-9-15(18-19-20)14(8-11(2)3)17-16(21)13-6-7-22-10-13/h6-7,9-12,14H,5,8H2,1-4H3,(H,17,21). The molecular formula is C16H24N4OS. The smallest absolute Gasteiger partial charge is 0.252 e. The largest absolute Gasteiger partial charge is 0.343 e. The molecule has 2 atom stereocenters. The van der Waals surface area contributed by atoms with E-state index in [1.165, 1.54) is 11.3 Å². The maximum atomic E-state index is 12.3. The van der Waals surface area contributed by atoms with Crippen LogP contribution in [0.3, 0.4) is 0 Å². The van der Waals surface area contributed by atoms with Crippen LogP contribution in [-0.4, -0.2) is 20.9 Å². The normalized spacial score (nSPS) is 14.0. The van der Waals surface area contributed by atoms with Gasteiger partial charge in [0.2, 0.25) is 0 Å². The van der Waals surface area contributed by atoms with E-state index in [2.05, 4.69) is 43.3 Å². The van der Waals surface area contributed by atoms with Crippen molar-refractivity contribution >= 4 is 17.2 Å². The summed E-state index contributed by atoms with van der Waals surface area (Å²) >= 11 is 1.52. The van der Waals surface area contributed by atoms with E-state index in [1.807, 2.05) is 27.7 Å². The van der Waals surface area contributed by atoms with Crippen molar-refractivity contribution < 1.29 is 4.79 Å². The fourth-order valence-electron chi connectivity index (χ4n) is 2.21. The van der Waals surface area contributed by atoms with Gasteiger partial charge in [-0.15, -0.1) is 5.10 Å². The maximum absolute atomic E-state index is 12.3. The summed E-state index contributed by atoms with van der Waals surface area (Å²) in [6, 6.07) is 2.04. The molecule has 1 N–H and O–H groups in total. The van der Waals surface area contributed by atoms with Crippen molar-refractivity contribution in [3.05, 3.63) is 34.3 Å². The molecule has 2 aromatic heterocycles. The second-order valence-corrected chi connectivity index (χ2v) is 6.83. The maximum Gasteiger partial charge on any atom is 0.252 e. The molecule has 0 aromatic carbocycles. The van der Waals surface area contributed by atoms with Crippen LogP contribution >= 0.6 is 11.3 Å². The van der Waals surface area contributed by atoms with Gasteiger partial charge in [-0.1, -0.05) is 26.0 Å². The van der Waals surface area contributed by atoms with Crippen molar-refractivity contribution in [2.45, 2.75) is 52.6 Å². The average molecular weight is 320 g/mol. The molecule has 0 fully saturated rings. The van der Waals surface area contributed by atoms with E-state index >= 15 is 0 Å². The molecule has 0 aliphatic carbocycles. The molecule has 0 saturated heterocycles. The molecule has 2 heterocycles. The van der Waals surface area contributed by atoms with E-state index in [4.69, 9.17) is 0 Å². The van der Waals surface area contributed by atoms with Crippen LogP contribution in [0.1, 0.15) is 68.7 Å². The van der Waals surface area contributed by atoms with Gasteiger partial charge >= 0.3 is 0 Å². The van der Waals surface area contributed by atoms with E-state index in [0.717, 1.165) is 18.5 Å². The number of hydrogen-bond donors (Lipinski definition) is 1. The molecule has 0 aliphatic heterocycles. The Kier molecular flexibility index (Phi) is 5.71. The molecule has 120 valence electrons. The van der Waals surface area contributed by atoms with Crippen molar-refractivity contribution in [3.8, 4) is 0 Å². The first-order chi connectivity index (χ1) is 10.5. The Morgan fingerprint density at radius 3 is 2.77 bits per heavy atom. The lowest BCUT2D eigenvalue weighted by Crippen LogP contribution is -2.29. The third-order valence-corrected chi connectivity index (χ3v) is 4.41. The second kappa shape index (κ2) is 7.54. The predicted molar refractivity (Wildman–Crippen MR) is 89.0 cm³/mol. The molecule has 2 aromatic rings. The number of rotatable bonds is 7. The predicted octanol–water partition coefficient (Wildman–Crippen LogP) is 3.83. The summed E-state index contributed by atoms with van der Waals surface area (Å²) in [6.07, 6.45) is 3.79. The van der Waals surface area contributed by atoms with Gasteiger partial charge < -0.3 is 5.32 Å². The van der Waals surface area contributed by atoms with Crippen LogP contribution < -0.4 is 5.32 Å². The van der Waals surface area contributed by atoms with Crippen LogP contribution in [0, 0.1) is 5.92 Å². The molecular weight excluding hydrogens is 296 g/mol. The summed E-state index contributed by atoms with van der Waals surface area (Å²) in [5.74, 6) is 0.409. The quantitative estimate of drug-likeness (QED) is 0.843. The molecule has 2 rings (SSSR count). The van der Waals surface area contributed by atoms with Crippen LogP contribution in [0.2, 0.25) is 0 Å². The molecule has 1 amide bonds. The van der Waals surface area contributed by atoms with Gasteiger partial charge in [-0.2, -0.15) is 11.3 Å². The monoisotopic (exact) mass is 320 g/mol. The van der Waals surface area contributed by atoms with Crippen molar-refractivity contribution in [1.82, 2.24) is 20.3 Å². The van der Waals surface area contributed by atoms with Crippen molar-refractivity contribution in [2.24, 2.45) is 5.92 Å². The van der Waals surface area contributed by atoms with Gasteiger partial charge in [0.15, 0.2) is 0 Å². The number of aromatic nitrogens is 3. The van der Waals surface area contributed by atoms with Gasteiger partial charge in [0.05, 0.1) is 23.8 Å². The summed E-state index contributed by atoms with van der Waals surface area (Å²) in [5, 5.41) is 15.3. The highest BCUT2D eigenvalue weighted by atomic mass is 32.1. The SMILES string of the molecule is CCC(C)n1cc(C(CC(C)C)NC(=O)c2ccsc2)nn1. The Hall–Kier alpha value is -1.69. The van der Waals surface area contributed by atoms with Crippen LogP contribution in [0.15, 0.2) is 23.0 Å². The first-order valence-corrected chi connectivity index (χ1v) is 8.70. The summed E-state index contributed by atoms with van der Waals surface area (Å²) < 4.78 is 1.87. The van der Waals surface area contributed by atoms with E-state index in [0.29, 0.717) is 17.5 Å². The molecule has 6 heteroatoms. The molecule has 0 spiro atoms. The molecule has 0 saturated carbocycles. The molecule has 2 unspecified atom stereocenters. The number of carbonyl (C=O) groups excluding carboxylic acids is 1. The highest BCUT2D eigenvalue weighted by Crippen LogP contribution is 2.21. The van der Waals surface area contributed by atoms with Gasteiger partial charge in [0, 0.05) is 5.38 Å². The lowest BCUT2D eigenvalue weighted by atomic mass is 10.0. The van der Waals surface area contributed by atoms with Crippen LogP contribution in [0.25, 0.3) is 0 Å². The van der Waals surface area contributed by atoms with E-state index in [-0.39, 0.29) is 11.9 Å². The van der Waals surface area contributed by atoms with Gasteiger partial charge in [0.25, 0.3) is 5.91 Å². The van der Waals surface area contributed by atoms with Crippen LogP contribution in [0.4, 0.5) is 0 Å². The fourth-order valence-corrected chi connectivity index (χ4v) is 2.85. The average Bonchev–Trinajstić information content (AvgIpc) is 3.16. The van der Waals surface area contributed by atoms with Crippen LogP contribution in [0.5, 0.6) is 0 Å². The van der Waals surface area contributed by atoms with Gasteiger partial charge in [-0.3, -0.25) is 4.79 Å². The van der Waals surface area contributed by atoms with Gasteiger partial charge in [-0.25, -0.2) is 4.68 Å². The Morgan fingerprint density at radius 1 is 1.41 bits per heavy atom. The summed E-state index contributed by atoms with van der Waals surface area (Å²) in [5.41, 5.74) is 1.53. The number of carbonyl (C=O) groups is 1. The summed E-state index contributed by atoms with van der Waals surface area (Å²) in [4.78, 5) is 12.3. The van der Waals surface area contributed by atoms with E-state index in [1.54, 1.807) is 0 Å². The first-order valence-electron chi connectivity index (χ1n) is 7.76. The zero-order valence-corrected chi connectivity index (χ0v) is 14.4. The Morgan fingerprint density at radius 2 is 2.18 bits per heavy atom. The number of thiophene rings is 1. The third-order valence-electron chi connectivity index (χ3n) is 3.72. The summed E-state index contributed by atoms with van der Waals surface area (Å²) in [7, 11) is 0. The van der Waals surface area contributed by atoms with E-state index in [9.17, 15) is 4.79 Å². The van der Waals surface area contributed by atoms with Crippen molar-refractivity contribution in [2.75, 3.05) is 0 Å². The Labute approximate surface area is 135 Å². The number of nitrogens with zero attached hydrogens (tertiary/aromatic N) is 3. The zero-order valence-electron chi connectivity index (χ0n) is 13.6. The Balaban J connectivity index is 2.15. The van der Waals surface area contributed by atoms with Gasteiger partial charge in [0.1, 0.15) is 5.69 Å². The zero-order chi connectivity index (χ0) is 16.1. The number of hydrogen-bond acceptors (Lipinski definition) is 4. The minimum Gasteiger partial charge on any atom is -0.343 e. The van der Waals surface area contributed by atoms with E-state index < -0.39 is 0 Å². The van der Waals surface area contributed by atoms with Crippen LogP contribution in [-0.2, 0) is 0 Å². The first kappa shape index (κ1) is 16.7. The number of nitrogens with one attached hydrogen (secondary N) is 1. The summed E-state index contributed by atoms with van der Waals surface area (Å²) in [6.45, 7) is 8.52.